The molecule has 0 amide bonds. The minimum atomic E-state index is 0.0144. The second-order valence-electron chi connectivity index (χ2n) is 5.37. The van der Waals surface area contributed by atoms with Crippen molar-refractivity contribution in [3.8, 4) is 0 Å². The quantitative estimate of drug-likeness (QED) is 0.472. The van der Waals surface area contributed by atoms with Crippen molar-refractivity contribution in [3.63, 3.8) is 0 Å². The third kappa shape index (κ3) is 5.48. The zero-order valence-corrected chi connectivity index (χ0v) is 12.1. The van der Waals surface area contributed by atoms with Gasteiger partial charge in [-0.15, -0.1) is 0 Å². The summed E-state index contributed by atoms with van der Waals surface area (Å²) in [5.74, 6) is 0. The molecule has 0 bridgehead atoms. The summed E-state index contributed by atoms with van der Waals surface area (Å²) in [6.45, 7) is 20.6. The van der Waals surface area contributed by atoms with Crippen LogP contribution in [-0.4, -0.2) is 5.71 Å². The van der Waals surface area contributed by atoms with E-state index in [0.29, 0.717) is 0 Å². The number of hydrogen-bond acceptors (Lipinski definition) is 1. The van der Waals surface area contributed by atoms with Crippen molar-refractivity contribution in [2.45, 2.75) is 41.5 Å². The maximum absolute atomic E-state index is 4.38. The summed E-state index contributed by atoms with van der Waals surface area (Å²) in [5, 5.41) is 0. The zero-order valence-electron chi connectivity index (χ0n) is 12.1. The van der Waals surface area contributed by atoms with Crippen LogP contribution in [0.1, 0.15) is 41.5 Å². The van der Waals surface area contributed by atoms with Crippen molar-refractivity contribution < 1.29 is 0 Å². The molecule has 0 N–H and O–H groups in total. The Balaban J connectivity index is 5.37. The van der Waals surface area contributed by atoms with Gasteiger partial charge in [0.05, 0.1) is 0 Å². The molecule has 94 valence electrons. The molecule has 0 saturated carbocycles. The van der Waals surface area contributed by atoms with Gasteiger partial charge >= 0.3 is 0 Å². The predicted molar refractivity (Wildman–Crippen MR) is 79.4 cm³/mol. The van der Waals surface area contributed by atoms with Gasteiger partial charge in [0.25, 0.3) is 0 Å². The van der Waals surface area contributed by atoms with Gasteiger partial charge in [-0.05, 0) is 42.9 Å². The van der Waals surface area contributed by atoms with E-state index in [1.807, 2.05) is 39.1 Å². The van der Waals surface area contributed by atoms with Crippen LogP contribution in [0.25, 0.3) is 0 Å². The van der Waals surface area contributed by atoms with E-state index in [1.54, 1.807) is 0 Å². The Morgan fingerprint density at radius 3 is 2.00 bits per heavy atom. The van der Waals surface area contributed by atoms with E-state index < -0.39 is 0 Å². The summed E-state index contributed by atoms with van der Waals surface area (Å²) in [5.41, 5.74) is 4.08. The first kappa shape index (κ1) is 15.6. The monoisotopic (exact) mass is 231 g/mol. The van der Waals surface area contributed by atoms with Gasteiger partial charge < -0.3 is 0 Å². The highest BCUT2D eigenvalue weighted by Crippen LogP contribution is 2.33. The highest BCUT2D eigenvalue weighted by atomic mass is 14.7. The van der Waals surface area contributed by atoms with E-state index in [0.717, 1.165) is 22.4 Å². The SMILES string of the molecule is C=C(/C=C\C)C(=C)/C(=C\N=C(C)C)C(C)(C)C. The molecule has 0 aliphatic heterocycles. The topological polar surface area (TPSA) is 12.4 Å². The van der Waals surface area contributed by atoms with Gasteiger partial charge in [-0.25, -0.2) is 0 Å². The fourth-order valence-corrected chi connectivity index (χ4v) is 1.39. The van der Waals surface area contributed by atoms with Gasteiger partial charge in [0.2, 0.25) is 0 Å². The molecule has 0 aliphatic rings. The largest absolute Gasteiger partial charge is 0.266 e. The molecule has 0 saturated heterocycles. The molecule has 0 aliphatic carbocycles. The van der Waals surface area contributed by atoms with Crippen LogP contribution in [-0.2, 0) is 0 Å². The molecule has 0 aromatic rings. The molecule has 0 radical (unpaired) electrons. The Kier molecular flexibility index (Phi) is 5.87. The molecule has 0 aromatic heterocycles. The lowest BCUT2D eigenvalue weighted by molar-refractivity contribution is 0.511. The van der Waals surface area contributed by atoms with E-state index in [1.165, 1.54) is 0 Å². The van der Waals surface area contributed by atoms with Gasteiger partial charge in [0, 0.05) is 11.9 Å². The summed E-state index contributed by atoms with van der Waals surface area (Å²) in [7, 11) is 0. The molecule has 17 heavy (non-hydrogen) atoms. The van der Waals surface area contributed by atoms with Gasteiger partial charge in [-0.1, -0.05) is 46.1 Å². The van der Waals surface area contributed by atoms with Crippen LogP contribution in [0.2, 0.25) is 0 Å². The molecule has 0 unspecified atom stereocenters. The Hall–Kier alpha value is -1.37. The van der Waals surface area contributed by atoms with Crippen LogP contribution in [0, 0.1) is 5.41 Å². The minimum absolute atomic E-state index is 0.0144. The lowest BCUT2D eigenvalue weighted by atomic mass is 9.81. The Morgan fingerprint density at radius 1 is 1.12 bits per heavy atom. The zero-order chi connectivity index (χ0) is 13.6. The Labute approximate surface area is 106 Å². The number of rotatable bonds is 4. The number of allylic oxidation sites excluding steroid dienone is 5. The molecule has 0 fully saturated rings. The molecule has 0 heterocycles. The van der Waals surface area contributed by atoms with Gasteiger partial charge in [-0.3, -0.25) is 4.99 Å². The number of hydrogen-bond donors (Lipinski definition) is 0. The van der Waals surface area contributed by atoms with Crippen LogP contribution in [0.3, 0.4) is 0 Å². The van der Waals surface area contributed by atoms with Crippen LogP contribution in [0.5, 0.6) is 0 Å². The van der Waals surface area contributed by atoms with Crippen LogP contribution in [0.4, 0.5) is 0 Å². The second-order valence-corrected chi connectivity index (χ2v) is 5.37. The summed E-state index contributed by atoms with van der Waals surface area (Å²) < 4.78 is 0. The summed E-state index contributed by atoms with van der Waals surface area (Å²) in [4.78, 5) is 4.38. The van der Waals surface area contributed by atoms with Gasteiger partial charge in [0.1, 0.15) is 0 Å². The van der Waals surface area contributed by atoms with E-state index in [-0.39, 0.29) is 5.41 Å². The van der Waals surface area contributed by atoms with Gasteiger partial charge in [-0.2, -0.15) is 0 Å². The third-order valence-electron chi connectivity index (χ3n) is 2.34. The standard InChI is InChI=1S/C16H25N/c1-9-10-13(4)14(5)15(16(6,7)8)11-17-12(2)3/h9-11H,4-5H2,1-3,6-8H3/b10-9-,15-11+. The van der Waals surface area contributed by atoms with Crippen molar-refractivity contribution in [2.24, 2.45) is 10.4 Å². The Bertz CT molecular complexity index is 380. The van der Waals surface area contributed by atoms with Crippen LogP contribution < -0.4 is 0 Å². The first-order valence-electron chi connectivity index (χ1n) is 5.93. The van der Waals surface area contributed by atoms with E-state index >= 15 is 0 Å². The van der Waals surface area contributed by atoms with Crippen LogP contribution >= 0.6 is 0 Å². The molecule has 0 atom stereocenters. The molecule has 1 heteroatoms. The molecule has 0 spiro atoms. The van der Waals surface area contributed by atoms with Crippen LogP contribution in [0.15, 0.2) is 53.2 Å². The van der Waals surface area contributed by atoms with Crippen molar-refractivity contribution in [2.75, 3.05) is 0 Å². The van der Waals surface area contributed by atoms with Gasteiger partial charge in [0.15, 0.2) is 0 Å². The Morgan fingerprint density at radius 2 is 1.65 bits per heavy atom. The fourth-order valence-electron chi connectivity index (χ4n) is 1.39. The smallest absolute Gasteiger partial charge is 0.0310 e. The second kappa shape index (κ2) is 6.39. The maximum atomic E-state index is 4.38. The predicted octanol–water partition coefficient (Wildman–Crippen LogP) is 5.09. The molecule has 1 nitrogen and oxygen atoms in total. The number of nitrogens with zero attached hydrogens (tertiary/aromatic N) is 1. The molecular formula is C16H25N. The summed E-state index contributed by atoms with van der Waals surface area (Å²) in [6.07, 6.45) is 5.86. The maximum Gasteiger partial charge on any atom is 0.0310 e. The first-order valence-corrected chi connectivity index (χ1v) is 5.93. The first-order chi connectivity index (χ1) is 7.70. The lowest BCUT2D eigenvalue weighted by Gasteiger charge is -2.24. The number of aliphatic imine (C=N–C) groups is 1. The third-order valence-corrected chi connectivity index (χ3v) is 2.34. The molecular weight excluding hydrogens is 206 g/mol. The highest BCUT2D eigenvalue weighted by Gasteiger charge is 2.20. The molecule has 0 aromatic carbocycles. The summed E-state index contributed by atoms with van der Waals surface area (Å²) >= 11 is 0. The van der Waals surface area contributed by atoms with Crippen molar-refractivity contribution >= 4 is 5.71 Å². The summed E-state index contributed by atoms with van der Waals surface area (Å²) in [6, 6.07) is 0. The lowest BCUT2D eigenvalue weighted by Crippen LogP contribution is -2.11. The highest BCUT2D eigenvalue weighted by molar-refractivity contribution is 5.79. The van der Waals surface area contributed by atoms with E-state index in [9.17, 15) is 0 Å². The normalized spacial score (nSPS) is 12.7. The molecule has 0 rings (SSSR count). The van der Waals surface area contributed by atoms with Crippen molar-refractivity contribution in [3.05, 3.63) is 48.2 Å². The average molecular weight is 231 g/mol. The average Bonchev–Trinajstić information content (AvgIpc) is 2.15. The minimum Gasteiger partial charge on any atom is -0.266 e. The van der Waals surface area contributed by atoms with Crippen molar-refractivity contribution in [1.29, 1.82) is 0 Å². The van der Waals surface area contributed by atoms with E-state index in [2.05, 4.69) is 38.9 Å². The van der Waals surface area contributed by atoms with Crippen molar-refractivity contribution in [1.82, 2.24) is 0 Å². The fraction of sp³-hybridized carbons (Fsp3) is 0.438. The van der Waals surface area contributed by atoms with E-state index in [4.69, 9.17) is 0 Å².